The number of hydrogen-bond donors (Lipinski definition) is 6. The van der Waals surface area contributed by atoms with Crippen LogP contribution in [0.25, 0.3) is 0 Å². The molecule has 1 rings (SSSR count). The molecule has 20 nitrogen and oxygen atoms in total. The zero-order valence-electron chi connectivity index (χ0n) is 37.3. The van der Waals surface area contributed by atoms with Gasteiger partial charge in [-0.25, -0.2) is 0 Å². The fourth-order valence-electron chi connectivity index (χ4n) is 5.27. The van der Waals surface area contributed by atoms with Crippen molar-refractivity contribution in [2.45, 2.75) is 72.4 Å². The molecule has 0 unspecified atom stereocenters. The van der Waals surface area contributed by atoms with E-state index in [1.807, 2.05) is 20.8 Å². The highest BCUT2D eigenvalue weighted by molar-refractivity contribution is 6.03. The van der Waals surface area contributed by atoms with Crippen molar-refractivity contribution < 1.29 is 66.7 Å². The summed E-state index contributed by atoms with van der Waals surface area (Å²) in [5.41, 5.74) is 11.3. The fraction of sp³-hybridized carbons (Fsp3) is 0.714. The molecule has 0 fully saturated rings. The monoisotopic (exact) mass is 885 g/mol. The van der Waals surface area contributed by atoms with E-state index in [-0.39, 0.29) is 66.6 Å². The Morgan fingerprint density at radius 1 is 0.500 bits per heavy atom. The second-order valence-electron chi connectivity index (χ2n) is 14.6. The Morgan fingerprint density at radius 2 is 0.887 bits per heavy atom. The zero-order chi connectivity index (χ0) is 46.0. The Hall–Kier alpha value is -4.28. The minimum atomic E-state index is -0.912. The third kappa shape index (κ3) is 27.6. The quantitative estimate of drug-likeness (QED) is 0.0503. The van der Waals surface area contributed by atoms with Crippen LogP contribution in [0.4, 0.5) is 5.69 Å². The van der Waals surface area contributed by atoms with Crippen molar-refractivity contribution in [3.8, 4) is 0 Å². The van der Waals surface area contributed by atoms with Gasteiger partial charge < -0.3 is 70.6 Å². The van der Waals surface area contributed by atoms with Crippen LogP contribution in [0.15, 0.2) is 18.2 Å². The number of nitrogens with two attached hydrogens (primary N) is 2. The maximum Gasteiger partial charge on any atom is 0.252 e. The standard InChI is InChI=1S/C42H72N6O14/c1-6-7-8-35(49)46-34-28-32(27-33(29-34)42(54)48-38(31(4)5)40(44)52)41(53)45-10-12-56-14-16-58-18-20-60-22-24-62-26-25-61-23-21-59-19-17-57-15-13-55-11-9-36(50)47-37(30(2)3)39(43)51/h27-31,37-38H,6-26H2,1-5H3,(H2,43,51)(H2,44,52)(H,45,53)(H,46,49)(H,47,50)(H,48,54)/t37-,38-/m0/s1. The molecule has 8 N–H and O–H groups in total. The molecule has 0 saturated carbocycles. The second kappa shape index (κ2) is 35.2. The predicted molar refractivity (Wildman–Crippen MR) is 229 cm³/mol. The number of benzene rings is 1. The van der Waals surface area contributed by atoms with Crippen LogP contribution < -0.4 is 32.7 Å². The molecule has 0 aliphatic heterocycles. The van der Waals surface area contributed by atoms with Crippen LogP contribution >= 0.6 is 0 Å². The number of carbonyl (C=O) groups excluding carboxylic acids is 6. The highest BCUT2D eigenvalue weighted by Crippen LogP contribution is 2.17. The van der Waals surface area contributed by atoms with Crippen LogP contribution in [0.3, 0.4) is 0 Å². The summed E-state index contributed by atoms with van der Waals surface area (Å²) in [6, 6.07) is 2.71. The van der Waals surface area contributed by atoms with Gasteiger partial charge >= 0.3 is 0 Å². The van der Waals surface area contributed by atoms with Gasteiger partial charge in [-0.1, -0.05) is 41.0 Å². The van der Waals surface area contributed by atoms with Gasteiger partial charge in [-0.3, -0.25) is 28.8 Å². The van der Waals surface area contributed by atoms with E-state index in [2.05, 4.69) is 21.3 Å². The molecular formula is C42H72N6O14. The SMILES string of the molecule is CCCCC(=O)Nc1cc(C(=O)NCCOCCOCCOCCOCCOCCOCCOCCOCCC(=O)N[C@H](C(N)=O)C(C)C)cc(C(=O)N[C@H](C(N)=O)C(C)C)c1. The number of ether oxygens (including phenoxy) is 8. The Morgan fingerprint density at radius 3 is 1.29 bits per heavy atom. The van der Waals surface area contributed by atoms with Gasteiger partial charge in [0, 0.05) is 36.2 Å². The lowest BCUT2D eigenvalue weighted by molar-refractivity contribution is -0.129. The maximum absolute atomic E-state index is 13.0. The van der Waals surface area contributed by atoms with Crippen molar-refractivity contribution in [1.82, 2.24) is 16.0 Å². The fourth-order valence-corrected chi connectivity index (χ4v) is 5.27. The Kier molecular flexibility index (Phi) is 31.7. The molecule has 0 saturated heterocycles. The first-order chi connectivity index (χ1) is 29.8. The molecular weight excluding hydrogens is 812 g/mol. The van der Waals surface area contributed by atoms with Crippen LogP contribution in [0, 0.1) is 11.8 Å². The highest BCUT2D eigenvalue weighted by atomic mass is 16.6. The number of unbranched alkanes of at least 4 members (excludes halogenated alkanes) is 1. The van der Waals surface area contributed by atoms with Gasteiger partial charge in [0.15, 0.2) is 0 Å². The molecule has 354 valence electrons. The predicted octanol–water partition coefficient (Wildman–Crippen LogP) is 0.934. The van der Waals surface area contributed by atoms with E-state index in [0.717, 1.165) is 6.42 Å². The molecule has 62 heavy (non-hydrogen) atoms. The molecule has 1 aromatic carbocycles. The van der Waals surface area contributed by atoms with E-state index in [4.69, 9.17) is 49.4 Å². The molecule has 0 aliphatic rings. The molecule has 1 aromatic rings. The van der Waals surface area contributed by atoms with Gasteiger partial charge in [0.2, 0.25) is 23.6 Å². The molecule has 0 bridgehead atoms. The van der Waals surface area contributed by atoms with Crippen molar-refractivity contribution in [1.29, 1.82) is 0 Å². The van der Waals surface area contributed by atoms with E-state index in [1.165, 1.54) is 18.2 Å². The van der Waals surface area contributed by atoms with E-state index in [1.54, 1.807) is 13.8 Å². The third-order valence-electron chi connectivity index (χ3n) is 8.66. The highest BCUT2D eigenvalue weighted by Gasteiger charge is 2.24. The van der Waals surface area contributed by atoms with Crippen LogP contribution in [0.1, 0.15) is 81.0 Å². The molecule has 20 heteroatoms. The summed E-state index contributed by atoms with van der Waals surface area (Å²) < 4.78 is 43.8. The van der Waals surface area contributed by atoms with E-state index in [0.29, 0.717) is 105 Å². The lowest BCUT2D eigenvalue weighted by Gasteiger charge is -2.19. The number of anilines is 1. The van der Waals surface area contributed by atoms with Crippen LogP contribution in [-0.4, -0.2) is 160 Å². The molecule has 0 aromatic heterocycles. The second-order valence-corrected chi connectivity index (χ2v) is 14.6. The molecule has 0 aliphatic carbocycles. The van der Waals surface area contributed by atoms with Crippen molar-refractivity contribution in [3.05, 3.63) is 29.3 Å². The first kappa shape index (κ1) is 55.7. The average Bonchev–Trinajstić information content (AvgIpc) is 3.22. The van der Waals surface area contributed by atoms with Crippen LogP contribution in [0.5, 0.6) is 0 Å². The summed E-state index contributed by atoms with van der Waals surface area (Å²) in [7, 11) is 0. The molecule has 0 radical (unpaired) electrons. The lowest BCUT2D eigenvalue weighted by atomic mass is 10.0. The Balaban J connectivity index is 2.06. The van der Waals surface area contributed by atoms with E-state index in [9.17, 15) is 28.8 Å². The number of nitrogens with one attached hydrogen (secondary N) is 4. The number of primary amides is 2. The lowest BCUT2D eigenvalue weighted by Crippen LogP contribution is -2.47. The van der Waals surface area contributed by atoms with Gasteiger partial charge in [0.05, 0.1) is 106 Å². The van der Waals surface area contributed by atoms with Gasteiger partial charge in [-0.05, 0) is 36.5 Å². The maximum atomic E-state index is 13.0. The van der Waals surface area contributed by atoms with Crippen molar-refractivity contribution in [2.24, 2.45) is 23.3 Å². The third-order valence-corrected chi connectivity index (χ3v) is 8.66. The van der Waals surface area contributed by atoms with E-state index < -0.39 is 35.7 Å². The first-order valence-electron chi connectivity index (χ1n) is 21.3. The minimum Gasteiger partial charge on any atom is -0.379 e. The zero-order valence-corrected chi connectivity index (χ0v) is 37.3. The number of amides is 6. The number of hydrogen-bond acceptors (Lipinski definition) is 14. The van der Waals surface area contributed by atoms with Gasteiger partial charge in [-0.2, -0.15) is 0 Å². The Bertz CT molecular complexity index is 1450. The normalized spacial score (nSPS) is 12.2. The van der Waals surface area contributed by atoms with Crippen molar-refractivity contribution in [3.63, 3.8) is 0 Å². The van der Waals surface area contributed by atoms with Crippen LogP contribution in [0.2, 0.25) is 0 Å². The summed E-state index contributed by atoms with van der Waals surface area (Å²) >= 11 is 0. The minimum absolute atomic E-state index is 0.0889. The summed E-state index contributed by atoms with van der Waals surface area (Å²) in [4.78, 5) is 73.5. The average molecular weight is 885 g/mol. The molecule has 6 amide bonds. The Labute approximate surface area is 365 Å². The van der Waals surface area contributed by atoms with Gasteiger partial charge in [-0.15, -0.1) is 0 Å². The number of rotatable bonds is 39. The van der Waals surface area contributed by atoms with Crippen LogP contribution in [-0.2, 0) is 57.1 Å². The molecule has 0 heterocycles. The number of carbonyl (C=O) groups is 6. The van der Waals surface area contributed by atoms with Gasteiger partial charge in [0.1, 0.15) is 12.1 Å². The largest absolute Gasteiger partial charge is 0.379 e. The summed E-state index contributed by atoms with van der Waals surface area (Å²) in [5.74, 6) is -3.20. The first-order valence-corrected chi connectivity index (χ1v) is 21.3. The summed E-state index contributed by atoms with van der Waals surface area (Å²) in [5, 5.41) is 10.7. The smallest absolute Gasteiger partial charge is 0.252 e. The van der Waals surface area contributed by atoms with Crippen molar-refractivity contribution in [2.75, 3.05) is 118 Å². The topological polar surface area (TPSA) is 276 Å². The van der Waals surface area contributed by atoms with Crippen molar-refractivity contribution >= 4 is 41.1 Å². The summed E-state index contributed by atoms with van der Waals surface area (Å²) in [6.45, 7) is 15.1. The molecule has 2 atom stereocenters. The van der Waals surface area contributed by atoms with Gasteiger partial charge in [0.25, 0.3) is 11.8 Å². The molecule has 0 spiro atoms. The summed E-state index contributed by atoms with van der Waals surface area (Å²) in [6.07, 6.45) is 1.94. The van der Waals surface area contributed by atoms with E-state index >= 15 is 0 Å².